The van der Waals surface area contributed by atoms with E-state index in [0.717, 1.165) is 0 Å². The topological polar surface area (TPSA) is 59.9 Å². The first-order valence-corrected chi connectivity index (χ1v) is 2.46. The van der Waals surface area contributed by atoms with Crippen LogP contribution in [0.1, 0.15) is 11.4 Å². The van der Waals surface area contributed by atoms with Gasteiger partial charge in [0, 0.05) is 12.4 Å². The fourth-order valence-electron chi connectivity index (χ4n) is 0.487. The third kappa shape index (κ3) is 1.05. The third-order valence-electron chi connectivity index (χ3n) is 0.892. The third-order valence-corrected chi connectivity index (χ3v) is 0.892. The average Bonchev–Trinajstić information content (AvgIpc) is 2.04. The molecule has 48 valence electrons. The number of aromatic nitrogens is 2. The van der Waals surface area contributed by atoms with Crippen molar-refractivity contribution in [1.29, 1.82) is 0 Å². The number of rotatable bonds is 2. The van der Waals surface area contributed by atoms with Crippen LogP contribution in [0.4, 0.5) is 0 Å². The largest absolute Gasteiger partial charge is 0.283 e. The minimum absolute atomic E-state index is 0.0995. The lowest BCUT2D eigenvalue weighted by molar-refractivity contribution is 0.556. The van der Waals surface area contributed by atoms with E-state index in [1.54, 1.807) is 0 Å². The lowest BCUT2D eigenvalue weighted by Crippen LogP contribution is -1.97. The van der Waals surface area contributed by atoms with E-state index >= 15 is 0 Å². The minimum atomic E-state index is -0.0995. The van der Waals surface area contributed by atoms with E-state index in [0.29, 0.717) is 0 Å². The summed E-state index contributed by atoms with van der Waals surface area (Å²) < 4.78 is 0. The highest BCUT2D eigenvalue weighted by molar-refractivity contribution is 5.86. The van der Waals surface area contributed by atoms with Crippen molar-refractivity contribution in [3.05, 3.63) is 23.8 Å². The maximum atomic E-state index is 9.98. The molecule has 0 saturated carbocycles. The van der Waals surface area contributed by atoms with E-state index in [1.807, 2.05) is 0 Å². The molecule has 0 atom stereocenters. The minimum Gasteiger partial charge on any atom is -0.283 e. The van der Waals surface area contributed by atoms with Gasteiger partial charge >= 0.3 is 0 Å². The van der Waals surface area contributed by atoms with Crippen LogP contribution in [0.3, 0.4) is 0 Å². The zero-order valence-corrected chi connectivity index (χ0v) is 4.87. The molecule has 0 aliphatic rings. The molecule has 0 amide bonds. The van der Waals surface area contributed by atoms with Gasteiger partial charge in [-0.15, -0.1) is 0 Å². The molecule has 1 rings (SSSR count). The number of hydrogen-bond acceptors (Lipinski definition) is 4. The molecule has 1 heterocycles. The first kappa shape index (κ1) is 6.54. The first-order chi connectivity index (χ1) is 4.88. The second kappa shape index (κ2) is 2.82. The summed E-state index contributed by atoms with van der Waals surface area (Å²) in [5.41, 5.74) is -0.199. The number of hydrogen-bond donors (Lipinski definition) is 0. The van der Waals surface area contributed by atoms with E-state index in [-0.39, 0.29) is 11.4 Å². The summed E-state index contributed by atoms with van der Waals surface area (Å²) in [5.74, 6) is 0. The molecule has 1 aromatic heterocycles. The van der Waals surface area contributed by atoms with Crippen LogP contribution in [0.2, 0.25) is 0 Å². The Hall–Kier alpha value is -1.58. The molecule has 0 fully saturated rings. The Morgan fingerprint density at radius 3 is 1.70 bits per heavy atom. The Morgan fingerprint density at radius 1 is 1.00 bits per heavy atom. The van der Waals surface area contributed by atoms with Crippen molar-refractivity contribution < 1.29 is 9.59 Å². The van der Waals surface area contributed by atoms with Gasteiger partial charge in [0.05, 0.1) is 0 Å². The van der Waals surface area contributed by atoms with Gasteiger partial charge in [-0.05, 0) is 0 Å². The molecule has 0 N–H and O–H groups in total. The predicted molar refractivity (Wildman–Crippen MR) is 31.6 cm³/mol. The lowest BCUT2D eigenvalue weighted by Gasteiger charge is -1.87. The van der Waals surface area contributed by atoms with Crippen LogP contribution in [0, 0.1) is 0 Å². The molecule has 0 bridgehead atoms. The van der Waals surface area contributed by atoms with Crippen LogP contribution in [0.25, 0.3) is 0 Å². The molecule has 4 nitrogen and oxygen atoms in total. The average molecular weight is 134 g/mol. The molecule has 0 unspecified atom stereocenters. The Labute approximate surface area is 56.9 Å². The molecule has 2 radical (unpaired) electrons. The van der Waals surface area contributed by atoms with Crippen molar-refractivity contribution in [2.24, 2.45) is 0 Å². The summed E-state index contributed by atoms with van der Waals surface area (Å²) in [6.45, 7) is 0. The fraction of sp³-hybridized carbons (Fsp3) is 0. The maximum absolute atomic E-state index is 9.98. The first-order valence-electron chi connectivity index (χ1n) is 2.46. The summed E-state index contributed by atoms with van der Waals surface area (Å²) in [4.78, 5) is 27.0. The van der Waals surface area contributed by atoms with E-state index in [9.17, 15) is 9.59 Å². The van der Waals surface area contributed by atoms with Crippen molar-refractivity contribution in [3.8, 4) is 0 Å². The van der Waals surface area contributed by atoms with Crippen LogP contribution in [-0.4, -0.2) is 22.5 Å². The summed E-state index contributed by atoms with van der Waals surface area (Å²) in [7, 11) is 0. The van der Waals surface area contributed by atoms with Crippen molar-refractivity contribution >= 4 is 12.6 Å². The van der Waals surface area contributed by atoms with Gasteiger partial charge in [-0.3, -0.25) is 9.59 Å². The summed E-state index contributed by atoms with van der Waals surface area (Å²) >= 11 is 0. The highest BCUT2D eigenvalue weighted by Gasteiger charge is 2.01. The lowest BCUT2D eigenvalue weighted by atomic mass is 10.3. The quantitative estimate of drug-likeness (QED) is 0.541. The number of carbonyl (C=O) groups excluding carboxylic acids is 2. The standard InChI is InChI=1S/C6H2N2O2/c9-3-5-6(4-10)8-2-1-7-5/h1-2H. The normalized spacial score (nSPS) is 8.80. The summed E-state index contributed by atoms with van der Waals surface area (Å²) in [6, 6.07) is 0. The van der Waals surface area contributed by atoms with Crippen molar-refractivity contribution in [2.45, 2.75) is 0 Å². The van der Waals surface area contributed by atoms with Crippen LogP contribution < -0.4 is 0 Å². The van der Waals surface area contributed by atoms with E-state index in [2.05, 4.69) is 9.97 Å². The van der Waals surface area contributed by atoms with Crippen LogP contribution in [-0.2, 0) is 9.59 Å². The SMILES string of the molecule is O=[C]c1nccnc1[C]=O. The van der Waals surface area contributed by atoms with Crippen LogP contribution >= 0.6 is 0 Å². The van der Waals surface area contributed by atoms with Crippen LogP contribution in [0.15, 0.2) is 12.4 Å². The molecule has 1 aromatic rings. The molecular formula is C6H2N2O2. The molecule has 0 aliphatic carbocycles. The van der Waals surface area contributed by atoms with Gasteiger partial charge in [-0.2, -0.15) is 0 Å². The van der Waals surface area contributed by atoms with Gasteiger partial charge in [0.2, 0.25) is 0 Å². The van der Waals surface area contributed by atoms with Gasteiger partial charge in [-0.1, -0.05) is 0 Å². The Bertz CT molecular complexity index is 233. The molecule has 0 aliphatic heterocycles. The Kier molecular flexibility index (Phi) is 1.84. The fourth-order valence-corrected chi connectivity index (χ4v) is 0.487. The molecule has 4 heteroatoms. The highest BCUT2D eigenvalue weighted by atomic mass is 16.1. The van der Waals surface area contributed by atoms with Crippen molar-refractivity contribution in [3.63, 3.8) is 0 Å². The molecular weight excluding hydrogens is 132 g/mol. The highest BCUT2D eigenvalue weighted by Crippen LogP contribution is 1.91. The molecule has 0 aromatic carbocycles. The van der Waals surface area contributed by atoms with Crippen LogP contribution in [0.5, 0.6) is 0 Å². The zero-order chi connectivity index (χ0) is 7.40. The monoisotopic (exact) mass is 134 g/mol. The number of nitrogens with zero attached hydrogens (tertiary/aromatic N) is 2. The summed E-state index contributed by atoms with van der Waals surface area (Å²) in [6.07, 6.45) is 5.53. The molecule has 10 heavy (non-hydrogen) atoms. The maximum Gasteiger partial charge on any atom is 0.255 e. The van der Waals surface area contributed by atoms with E-state index in [1.165, 1.54) is 25.0 Å². The van der Waals surface area contributed by atoms with Gasteiger partial charge in [0.15, 0.2) is 0 Å². The molecule has 0 saturated heterocycles. The van der Waals surface area contributed by atoms with Gasteiger partial charge < -0.3 is 0 Å². The van der Waals surface area contributed by atoms with Gasteiger partial charge in [-0.25, -0.2) is 9.97 Å². The van der Waals surface area contributed by atoms with Crippen molar-refractivity contribution in [1.82, 2.24) is 9.97 Å². The smallest absolute Gasteiger partial charge is 0.255 e. The second-order valence-corrected chi connectivity index (χ2v) is 1.46. The Balaban J connectivity index is 3.20. The van der Waals surface area contributed by atoms with E-state index < -0.39 is 0 Å². The Morgan fingerprint density at radius 2 is 1.40 bits per heavy atom. The van der Waals surface area contributed by atoms with Crippen molar-refractivity contribution in [2.75, 3.05) is 0 Å². The molecule has 0 spiro atoms. The van der Waals surface area contributed by atoms with Gasteiger partial charge in [0.25, 0.3) is 12.6 Å². The zero-order valence-electron chi connectivity index (χ0n) is 4.87. The van der Waals surface area contributed by atoms with Gasteiger partial charge in [0.1, 0.15) is 11.4 Å². The summed E-state index contributed by atoms with van der Waals surface area (Å²) in [5, 5.41) is 0. The van der Waals surface area contributed by atoms with E-state index in [4.69, 9.17) is 0 Å². The second-order valence-electron chi connectivity index (χ2n) is 1.46. The predicted octanol–water partition coefficient (Wildman–Crippen LogP) is -0.608.